The van der Waals surface area contributed by atoms with Gasteiger partial charge in [0.15, 0.2) is 17.3 Å². The van der Waals surface area contributed by atoms with Crippen LogP contribution in [0.3, 0.4) is 0 Å². The fourth-order valence-corrected chi connectivity index (χ4v) is 4.99. The van der Waals surface area contributed by atoms with Gasteiger partial charge in [-0.1, -0.05) is 36.4 Å². The van der Waals surface area contributed by atoms with Crippen molar-refractivity contribution < 1.29 is 14.4 Å². The Kier molecular flexibility index (Phi) is 5.90. The number of likely N-dealkylation sites (tertiary alicyclic amines) is 1. The van der Waals surface area contributed by atoms with E-state index in [1.54, 1.807) is 18.2 Å². The molecule has 4 aromatic rings. The van der Waals surface area contributed by atoms with Gasteiger partial charge >= 0.3 is 0 Å². The van der Waals surface area contributed by atoms with Crippen LogP contribution in [0.4, 0.5) is 11.5 Å². The molecule has 2 aliphatic rings. The maximum absolute atomic E-state index is 11.4. The number of hydrogen-bond acceptors (Lipinski definition) is 7. The Bertz CT molecular complexity index is 1400. The van der Waals surface area contributed by atoms with Crippen LogP contribution in [-0.2, 0) is 13.1 Å². The van der Waals surface area contributed by atoms with E-state index in [4.69, 9.17) is 14.6 Å². The summed E-state index contributed by atoms with van der Waals surface area (Å²) in [6, 6.07) is 21.5. The molecule has 0 atom stereocenters. The van der Waals surface area contributed by atoms with E-state index >= 15 is 0 Å². The molecule has 1 saturated heterocycles. The SMILES string of the molecule is O=[N+]([O-])c1ccc2c(c1)c(NC1CCN(Cc3ccc4c(c3)OCO4)CC1)nn2Cc1ccccc1. The molecule has 1 N–H and O–H groups in total. The number of hydrogen-bond donors (Lipinski definition) is 1. The van der Waals surface area contributed by atoms with Gasteiger partial charge in [0, 0.05) is 37.8 Å². The highest BCUT2D eigenvalue weighted by molar-refractivity contribution is 5.92. The van der Waals surface area contributed by atoms with Crippen LogP contribution in [0, 0.1) is 10.1 Å². The van der Waals surface area contributed by atoms with Crippen LogP contribution in [0.1, 0.15) is 24.0 Å². The fraction of sp³-hybridized carbons (Fsp3) is 0.296. The zero-order valence-corrected chi connectivity index (χ0v) is 19.8. The van der Waals surface area contributed by atoms with E-state index in [9.17, 15) is 10.1 Å². The monoisotopic (exact) mass is 485 g/mol. The van der Waals surface area contributed by atoms with Crippen LogP contribution >= 0.6 is 0 Å². The number of piperidine rings is 1. The summed E-state index contributed by atoms with van der Waals surface area (Å²) in [5.41, 5.74) is 3.29. The molecule has 36 heavy (non-hydrogen) atoms. The topological polar surface area (TPSA) is 94.7 Å². The lowest BCUT2D eigenvalue weighted by molar-refractivity contribution is -0.384. The largest absolute Gasteiger partial charge is 0.454 e. The normalized spacial score (nSPS) is 15.9. The Morgan fingerprint density at radius 1 is 0.944 bits per heavy atom. The molecule has 6 rings (SSSR count). The fourth-order valence-electron chi connectivity index (χ4n) is 4.99. The number of nitrogens with one attached hydrogen (secondary N) is 1. The van der Waals surface area contributed by atoms with Gasteiger partial charge in [-0.25, -0.2) is 0 Å². The van der Waals surface area contributed by atoms with Crippen LogP contribution < -0.4 is 14.8 Å². The number of nitro benzene ring substituents is 1. The number of non-ortho nitro benzene ring substituents is 1. The second-order valence-corrected chi connectivity index (χ2v) is 9.33. The van der Waals surface area contributed by atoms with Crippen LogP contribution in [0.25, 0.3) is 10.9 Å². The molecule has 0 unspecified atom stereocenters. The molecule has 0 bridgehead atoms. The van der Waals surface area contributed by atoms with Gasteiger partial charge in [-0.05, 0) is 42.2 Å². The lowest BCUT2D eigenvalue weighted by Crippen LogP contribution is -2.38. The summed E-state index contributed by atoms with van der Waals surface area (Å²) in [6.07, 6.45) is 1.93. The van der Waals surface area contributed by atoms with Gasteiger partial charge < -0.3 is 14.8 Å². The van der Waals surface area contributed by atoms with E-state index in [1.165, 1.54) is 5.56 Å². The van der Waals surface area contributed by atoms with E-state index in [-0.39, 0.29) is 23.4 Å². The van der Waals surface area contributed by atoms with E-state index in [2.05, 4.69) is 34.5 Å². The van der Waals surface area contributed by atoms with E-state index in [1.807, 2.05) is 28.9 Å². The molecule has 9 heteroatoms. The molecule has 2 aliphatic heterocycles. The van der Waals surface area contributed by atoms with Crippen LogP contribution in [0.15, 0.2) is 66.7 Å². The van der Waals surface area contributed by atoms with E-state index in [0.29, 0.717) is 12.4 Å². The van der Waals surface area contributed by atoms with Crippen molar-refractivity contribution in [2.45, 2.75) is 32.0 Å². The standard InChI is InChI=1S/C27H27N5O4/c33-32(34)22-7-8-24-23(15-22)27(29-31(24)17-19-4-2-1-3-5-19)28-21-10-12-30(13-11-21)16-20-6-9-25-26(14-20)36-18-35-25/h1-9,14-15,21H,10-13,16-18H2,(H,28,29). The summed E-state index contributed by atoms with van der Waals surface area (Å²) in [4.78, 5) is 13.5. The first-order chi connectivity index (χ1) is 17.6. The third-order valence-electron chi connectivity index (χ3n) is 6.89. The third kappa shape index (κ3) is 4.57. The molecule has 3 heterocycles. The second-order valence-electron chi connectivity index (χ2n) is 9.33. The number of nitrogens with zero attached hydrogens (tertiary/aromatic N) is 4. The summed E-state index contributed by atoms with van der Waals surface area (Å²) >= 11 is 0. The molecule has 9 nitrogen and oxygen atoms in total. The molecule has 0 spiro atoms. The van der Waals surface area contributed by atoms with Gasteiger partial charge in [0.05, 0.1) is 22.4 Å². The zero-order valence-electron chi connectivity index (χ0n) is 19.8. The highest BCUT2D eigenvalue weighted by Crippen LogP contribution is 2.33. The summed E-state index contributed by atoms with van der Waals surface area (Å²) < 4.78 is 12.8. The number of nitro groups is 1. The maximum atomic E-state index is 11.4. The Labute approximate surface area is 208 Å². The van der Waals surface area contributed by atoms with Gasteiger partial charge in [-0.15, -0.1) is 0 Å². The lowest BCUT2D eigenvalue weighted by atomic mass is 10.0. The third-order valence-corrected chi connectivity index (χ3v) is 6.89. The predicted octanol–water partition coefficient (Wildman–Crippen LogP) is 4.80. The molecule has 0 aliphatic carbocycles. The van der Waals surface area contributed by atoms with Gasteiger partial charge in [-0.3, -0.25) is 19.7 Å². The van der Waals surface area contributed by atoms with Gasteiger partial charge in [0.1, 0.15) is 0 Å². The average molecular weight is 486 g/mol. The van der Waals surface area contributed by atoms with Gasteiger partial charge in [0.25, 0.3) is 5.69 Å². The summed E-state index contributed by atoms with van der Waals surface area (Å²) in [7, 11) is 0. The molecule has 1 fully saturated rings. The summed E-state index contributed by atoms with van der Waals surface area (Å²) in [6.45, 7) is 3.66. The number of rotatable bonds is 7. The first-order valence-electron chi connectivity index (χ1n) is 12.2. The van der Waals surface area contributed by atoms with Crippen molar-refractivity contribution >= 4 is 22.4 Å². The van der Waals surface area contributed by atoms with E-state index in [0.717, 1.165) is 60.4 Å². The zero-order chi connectivity index (χ0) is 24.5. The van der Waals surface area contributed by atoms with Crippen molar-refractivity contribution in [3.63, 3.8) is 0 Å². The highest BCUT2D eigenvalue weighted by atomic mass is 16.7. The molecular weight excluding hydrogens is 458 g/mol. The number of anilines is 1. The number of aromatic nitrogens is 2. The van der Waals surface area contributed by atoms with Crippen LogP contribution in [-0.4, -0.2) is 45.5 Å². The Balaban J connectivity index is 1.16. The minimum atomic E-state index is -0.355. The predicted molar refractivity (Wildman–Crippen MR) is 136 cm³/mol. The molecule has 0 radical (unpaired) electrons. The number of benzene rings is 3. The molecule has 184 valence electrons. The van der Waals surface area contributed by atoms with Crippen molar-refractivity contribution in [3.8, 4) is 11.5 Å². The Morgan fingerprint density at radius 2 is 1.75 bits per heavy atom. The highest BCUT2D eigenvalue weighted by Gasteiger charge is 2.23. The molecular formula is C27H27N5O4. The van der Waals surface area contributed by atoms with Crippen molar-refractivity contribution in [1.29, 1.82) is 0 Å². The van der Waals surface area contributed by atoms with Crippen molar-refractivity contribution in [2.75, 3.05) is 25.2 Å². The molecule has 1 aromatic heterocycles. The smallest absolute Gasteiger partial charge is 0.270 e. The lowest BCUT2D eigenvalue weighted by Gasteiger charge is -2.32. The molecule has 0 saturated carbocycles. The first-order valence-corrected chi connectivity index (χ1v) is 12.2. The maximum Gasteiger partial charge on any atom is 0.270 e. The van der Waals surface area contributed by atoms with Crippen molar-refractivity contribution in [1.82, 2.24) is 14.7 Å². The Hall–Kier alpha value is -4.11. The summed E-state index contributed by atoms with van der Waals surface area (Å²) in [5.74, 6) is 2.33. The molecule has 3 aromatic carbocycles. The number of ether oxygens (including phenoxy) is 2. The van der Waals surface area contributed by atoms with Crippen LogP contribution in [0.5, 0.6) is 11.5 Å². The molecule has 0 amide bonds. The quantitative estimate of drug-likeness (QED) is 0.297. The van der Waals surface area contributed by atoms with Crippen molar-refractivity contribution in [2.24, 2.45) is 0 Å². The minimum absolute atomic E-state index is 0.0726. The summed E-state index contributed by atoms with van der Waals surface area (Å²) in [5, 5.41) is 20.7. The van der Waals surface area contributed by atoms with E-state index < -0.39 is 0 Å². The Morgan fingerprint density at radius 3 is 2.56 bits per heavy atom. The number of fused-ring (bicyclic) bond motifs is 2. The van der Waals surface area contributed by atoms with Gasteiger partial charge in [-0.2, -0.15) is 5.10 Å². The first kappa shape index (κ1) is 22.4. The average Bonchev–Trinajstić information content (AvgIpc) is 3.50. The minimum Gasteiger partial charge on any atom is -0.454 e. The van der Waals surface area contributed by atoms with Crippen molar-refractivity contribution in [3.05, 3.63) is 88.0 Å². The second kappa shape index (κ2) is 9.50. The van der Waals surface area contributed by atoms with Gasteiger partial charge in [0.2, 0.25) is 6.79 Å². The van der Waals surface area contributed by atoms with Crippen LogP contribution in [0.2, 0.25) is 0 Å².